The van der Waals surface area contributed by atoms with Gasteiger partial charge in [-0.2, -0.15) is 0 Å². The van der Waals surface area contributed by atoms with E-state index in [1.54, 1.807) is 0 Å². The zero-order valence-electron chi connectivity index (χ0n) is 19.2. The highest BCUT2D eigenvalue weighted by Gasteiger charge is 2.28. The first-order valence-electron chi connectivity index (χ1n) is 12.4. The Morgan fingerprint density at radius 2 is 1.55 bits per heavy atom. The molecule has 3 aliphatic rings. The first kappa shape index (κ1) is 22.5. The highest BCUT2D eigenvalue weighted by molar-refractivity contribution is 5.78. The largest absolute Gasteiger partial charge is 0.339 e. The quantitative estimate of drug-likeness (QED) is 0.684. The monoisotopic (exact) mass is 453 g/mol. The molecule has 2 fully saturated rings. The Morgan fingerprint density at radius 1 is 0.818 bits per heavy atom. The third-order valence-electron chi connectivity index (χ3n) is 7.61. The molecule has 0 N–H and O–H groups in total. The summed E-state index contributed by atoms with van der Waals surface area (Å²) >= 11 is 0. The summed E-state index contributed by atoms with van der Waals surface area (Å²) in [6, 6.07) is 10.3. The van der Waals surface area contributed by atoms with Gasteiger partial charge < -0.3 is 4.90 Å². The Morgan fingerprint density at radius 3 is 2.27 bits per heavy atom. The van der Waals surface area contributed by atoms with Gasteiger partial charge in [0.05, 0.1) is 6.54 Å². The van der Waals surface area contributed by atoms with Gasteiger partial charge in [-0.1, -0.05) is 37.5 Å². The van der Waals surface area contributed by atoms with Crippen molar-refractivity contribution in [2.45, 2.75) is 51.1 Å². The van der Waals surface area contributed by atoms with Crippen LogP contribution in [0.25, 0.3) is 11.1 Å². The number of halogens is 2. The van der Waals surface area contributed by atoms with Crippen molar-refractivity contribution < 1.29 is 13.6 Å². The van der Waals surface area contributed by atoms with E-state index in [9.17, 15) is 13.6 Å². The number of amides is 1. The normalized spacial score (nSPS) is 20.6. The number of piperazine rings is 1. The number of hydrogen-bond donors (Lipinski definition) is 0. The Labute approximate surface area is 195 Å². The van der Waals surface area contributed by atoms with Crippen LogP contribution in [0.3, 0.4) is 0 Å². The number of nitrogens with zero attached hydrogens (tertiary/aromatic N) is 3. The van der Waals surface area contributed by atoms with Crippen molar-refractivity contribution in [3.8, 4) is 11.1 Å². The van der Waals surface area contributed by atoms with E-state index in [1.165, 1.54) is 55.4 Å². The van der Waals surface area contributed by atoms with Crippen molar-refractivity contribution in [3.63, 3.8) is 0 Å². The number of benzene rings is 2. The lowest BCUT2D eigenvalue weighted by atomic mass is 9.94. The molecule has 0 unspecified atom stereocenters. The second-order valence-corrected chi connectivity index (χ2v) is 9.81. The van der Waals surface area contributed by atoms with Crippen molar-refractivity contribution in [1.82, 2.24) is 14.7 Å². The number of hydrogen-bond acceptors (Lipinski definition) is 3. The van der Waals surface area contributed by atoms with Gasteiger partial charge in [0.15, 0.2) is 0 Å². The highest BCUT2D eigenvalue weighted by Crippen LogP contribution is 2.28. The summed E-state index contributed by atoms with van der Waals surface area (Å²) in [6.45, 7) is 5.70. The molecule has 2 aliphatic heterocycles. The molecule has 0 bridgehead atoms. The van der Waals surface area contributed by atoms with E-state index < -0.39 is 11.6 Å². The molecular formula is C27H33F2N3O. The first-order valence-corrected chi connectivity index (χ1v) is 12.4. The number of rotatable bonds is 4. The summed E-state index contributed by atoms with van der Waals surface area (Å²) in [4.78, 5) is 19.8. The van der Waals surface area contributed by atoms with Crippen LogP contribution in [-0.2, 0) is 17.8 Å². The molecule has 176 valence electrons. The molecule has 5 rings (SSSR count). The maximum Gasteiger partial charge on any atom is 0.236 e. The Kier molecular flexibility index (Phi) is 6.74. The molecule has 1 aliphatic carbocycles. The maximum absolute atomic E-state index is 13.6. The van der Waals surface area contributed by atoms with Gasteiger partial charge in [0.25, 0.3) is 0 Å². The maximum atomic E-state index is 13.6. The number of carbonyl (C=O) groups excluding carboxylic acids is 1. The van der Waals surface area contributed by atoms with Crippen molar-refractivity contribution in [1.29, 1.82) is 0 Å². The van der Waals surface area contributed by atoms with E-state index in [0.717, 1.165) is 63.4 Å². The van der Waals surface area contributed by atoms with Gasteiger partial charge in [0, 0.05) is 51.4 Å². The minimum Gasteiger partial charge on any atom is -0.339 e. The van der Waals surface area contributed by atoms with E-state index in [2.05, 4.69) is 9.80 Å². The van der Waals surface area contributed by atoms with E-state index >= 15 is 0 Å². The predicted octanol–water partition coefficient (Wildman–Crippen LogP) is 4.47. The lowest BCUT2D eigenvalue weighted by molar-refractivity contribution is -0.134. The molecule has 6 heteroatoms. The topological polar surface area (TPSA) is 26.8 Å². The van der Waals surface area contributed by atoms with Crippen LogP contribution in [0.2, 0.25) is 0 Å². The van der Waals surface area contributed by atoms with E-state index in [0.29, 0.717) is 12.1 Å². The zero-order valence-corrected chi connectivity index (χ0v) is 19.2. The predicted molar refractivity (Wildman–Crippen MR) is 126 cm³/mol. The Balaban J connectivity index is 1.16. The fourth-order valence-electron chi connectivity index (χ4n) is 5.72. The summed E-state index contributed by atoms with van der Waals surface area (Å²) in [6.07, 6.45) is 7.54. The van der Waals surface area contributed by atoms with Gasteiger partial charge in [0.2, 0.25) is 5.91 Å². The van der Waals surface area contributed by atoms with Crippen LogP contribution in [0.15, 0.2) is 36.4 Å². The fraction of sp³-hybridized carbons (Fsp3) is 0.519. The molecular weight excluding hydrogens is 420 g/mol. The van der Waals surface area contributed by atoms with Crippen LogP contribution >= 0.6 is 0 Å². The van der Waals surface area contributed by atoms with Gasteiger partial charge in [-0.3, -0.25) is 14.6 Å². The van der Waals surface area contributed by atoms with Crippen molar-refractivity contribution in [2.75, 3.05) is 39.3 Å². The van der Waals surface area contributed by atoms with Crippen LogP contribution in [-0.4, -0.2) is 65.9 Å². The third kappa shape index (κ3) is 5.28. The number of fused-ring (bicyclic) bond motifs is 1. The summed E-state index contributed by atoms with van der Waals surface area (Å²) in [5.41, 5.74) is 3.77. The summed E-state index contributed by atoms with van der Waals surface area (Å²) < 4.78 is 27.2. The SMILES string of the molecule is O=C(CN1CCc2cc(-c3cc(F)cc(F)c3)ccc2C1)N1CCN(C2CCCCC2)CC1. The van der Waals surface area contributed by atoms with Gasteiger partial charge >= 0.3 is 0 Å². The number of carbonyl (C=O) groups is 1. The Hall–Kier alpha value is -2.31. The van der Waals surface area contributed by atoms with Gasteiger partial charge in [-0.25, -0.2) is 8.78 Å². The van der Waals surface area contributed by atoms with Crippen LogP contribution < -0.4 is 0 Å². The first-order chi connectivity index (χ1) is 16.0. The smallest absolute Gasteiger partial charge is 0.236 e. The van der Waals surface area contributed by atoms with Crippen molar-refractivity contribution in [2.24, 2.45) is 0 Å². The van der Waals surface area contributed by atoms with E-state index in [1.807, 2.05) is 23.1 Å². The summed E-state index contributed by atoms with van der Waals surface area (Å²) in [5, 5.41) is 0. The van der Waals surface area contributed by atoms with Crippen LogP contribution in [0, 0.1) is 11.6 Å². The van der Waals surface area contributed by atoms with Crippen LogP contribution in [0.1, 0.15) is 43.2 Å². The van der Waals surface area contributed by atoms with E-state index in [4.69, 9.17) is 0 Å². The van der Waals surface area contributed by atoms with Crippen molar-refractivity contribution >= 4 is 5.91 Å². The summed E-state index contributed by atoms with van der Waals surface area (Å²) in [7, 11) is 0. The molecule has 0 spiro atoms. The van der Waals surface area contributed by atoms with Gasteiger partial charge in [0.1, 0.15) is 11.6 Å². The molecule has 0 aromatic heterocycles. The van der Waals surface area contributed by atoms with Gasteiger partial charge in [-0.15, -0.1) is 0 Å². The molecule has 1 saturated carbocycles. The van der Waals surface area contributed by atoms with Crippen molar-refractivity contribution in [3.05, 3.63) is 59.2 Å². The minimum absolute atomic E-state index is 0.230. The molecule has 2 aromatic rings. The fourth-order valence-corrected chi connectivity index (χ4v) is 5.72. The zero-order chi connectivity index (χ0) is 22.8. The molecule has 0 radical (unpaired) electrons. The molecule has 0 atom stereocenters. The molecule has 33 heavy (non-hydrogen) atoms. The Bertz CT molecular complexity index is 977. The average molecular weight is 454 g/mol. The molecule has 4 nitrogen and oxygen atoms in total. The molecule has 1 saturated heterocycles. The highest BCUT2D eigenvalue weighted by atomic mass is 19.1. The van der Waals surface area contributed by atoms with Gasteiger partial charge in [-0.05, 0) is 53.6 Å². The minimum atomic E-state index is -0.563. The summed E-state index contributed by atoms with van der Waals surface area (Å²) in [5.74, 6) is -0.896. The van der Waals surface area contributed by atoms with Crippen LogP contribution in [0.5, 0.6) is 0 Å². The molecule has 2 heterocycles. The molecule has 2 aromatic carbocycles. The lowest BCUT2D eigenvalue weighted by Crippen LogP contribution is -2.54. The second-order valence-electron chi connectivity index (χ2n) is 9.81. The standard InChI is InChI=1S/C27H33F2N3O/c28-24-15-23(16-25(29)17-24)20-6-7-22-18-30(9-8-21(22)14-20)19-27(33)32-12-10-31(11-13-32)26-4-2-1-3-5-26/h6-7,14-17,26H,1-5,8-13,18-19H2. The lowest BCUT2D eigenvalue weighted by Gasteiger charge is -2.41. The second kappa shape index (κ2) is 9.90. The van der Waals surface area contributed by atoms with Crippen LogP contribution in [0.4, 0.5) is 8.78 Å². The molecule has 1 amide bonds. The average Bonchev–Trinajstić information content (AvgIpc) is 2.84. The van der Waals surface area contributed by atoms with E-state index in [-0.39, 0.29) is 5.91 Å². The third-order valence-corrected chi connectivity index (χ3v) is 7.61.